The van der Waals surface area contributed by atoms with E-state index in [2.05, 4.69) is 12.2 Å². The highest BCUT2D eigenvalue weighted by atomic mass is 16.7. The number of amides is 1. The van der Waals surface area contributed by atoms with E-state index in [0.29, 0.717) is 0 Å². The highest BCUT2D eigenvalue weighted by molar-refractivity contribution is 6.62. The van der Waals surface area contributed by atoms with Gasteiger partial charge in [-0.3, -0.25) is 4.90 Å². The Hall–Kier alpha value is -2.05. The minimum absolute atomic E-state index is 0.0705. The first-order chi connectivity index (χ1) is 13.5. The van der Waals surface area contributed by atoms with Crippen LogP contribution >= 0.6 is 0 Å². The molecule has 6 heteroatoms. The molecule has 154 valence electrons. The van der Waals surface area contributed by atoms with Crippen molar-refractivity contribution < 1.29 is 18.8 Å². The van der Waals surface area contributed by atoms with Crippen LogP contribution in [0, 0.1) is 5.92 Å². The predicted octanol–water partition coefficient (Wildman–Crippen LogP) is 4.22. The van der Waals surface area contributed by atoms with Crippen LogP contribution in [0.25, 0.3) is 0 Å². The van der Waals surface area contributed by atoms with Gasteiger partial charge < -0.3 is 14.0 Å². The topological polar surface area (TPSA) is 48.0 Å². The SMILES string of the molecule is CC1(C)OC(=O)N(c2ccc(B3OC(C)(C)C(C)(C)O3)cc2)[C@H]1C1C=CC=CC1. The van der Waals surface area contributed by atoms with Crippen LogP contribution in [0.1, 0.15) is 48.0 Å². The summed E-state index contributed by atoms with van der Waals surface area (Å²) in [6.45, 7) is 12.1. The number of ether oxygens (including phenoxy) is 1. The minimum Gasteiger partial charge on any atom is -0.441 e. The molecule has 3 aliphatic rings. The number of hydrogen-bond donors (Lipinski definition) is 0. The molecule has 2 heterocycles. The van der Waals surface area contributed by atoms with Crippen molar-refractivity contribution in [3.63, 3.8) is 0 Å². The second-order valence-corrected chi connectivity index (χ2v) is 9.68. The maximum absolute atomic E-state index is 12.8. The Kier molecular flexibility index (Phi) is 4.71. The molecule has 2 fully saturated rings. The maximum atomic E-state index is 12.8. The van der Waals surface area contributed by atoms with Crippen molar-refractivity contribution in [2.24, 2.45) is 5.92 Å². The number of allylic oxidation sites excluding steroid dienone is 3. The van der Waals surface area contributed by atoms with E-state index in [1.165, 1.54) is 0 Å². The Labute approximate surface area is 173 Å². The van der Waals surface area contributed by atoms with Gasteiger partial charge in [0, 0.05) is 11.6 Å². The van der Waals surface area contributed by atoms with E-state index in [1.807, 2.05) is 78.0 Å². The molecule has 0 aromatic heterocycles. The summed E-state index contributed by atoms with van der Waals surface area (Å²) in [7, 11) is -0.418. The summed E-state index contributed by atoms with van der Waals surface area (Å²) in [5.74, 6) is 0.212. The molecule has 1 aromatic rings. The molecule has 0 radical (unpaired) electrons. The zero-order valence-electron chi connectivity index (χ0n) is 18.1. The fourth-order valence-corrected chi connectivity index (χ4v) is 4.34. The molecule has 29 heavy (non-hydrogen) atoms. The van der Waals surface area contributed by atoms with E-state index < -0.39 is 12.7 Å². The average molecular weight is 395 g/mol. The van der Waals surface area contributed by atoms with Crippen LogP contribution in [0.15, 0.2) is 48.6 Å². The number of carbonyl (C=O) groups is 1. The van der Waals surface area contributed by atoms with Gasteiger partial charge >= 0.3 is 13.2 Å². The Morgan fingerprint density at radius 1 is 0.966 bits per heavy atom. The summed E-state index contributed by atoms with van der Waals surface area (Å²) >= 11 is 0. The standard InChI is InChI=1S/C23H30BNO4/c1-21(2)19(16-10-8-7-9-11-16)25(20(26)27-21)18-14-12-17(13-15-18)24-28-22(3,4)23(5,6)29-24/h7-10,12-16,19H,11H2,1-6H3/t16?,19-/m0/s1. The summed E-state index contributed by atoms with van der Waals surface area (Å²) in [5, 5.41) is 0. The van der Waals surface area contributed by atoms with Gasteiger partial charge in [-0.15, -0.1) is 0 Å². The van der Waals surface area contributed by atoms with Gasteiger partial charge in [-0.2, -0.15) is 0 Å². The monoisotopic (exact) mass is 395 g/mol. The third-order valence-electron chi connectivity index (χ3n) is 6.65. The van der Waals surface area contributed by atoms with Gasteiger partial charge in [0.05, 0.1) is 17.2 Å². The molecule has 0 N–H and O–H groups in total. The quantitative estimate of drug-likeness (QED) is 0.719. The number of cyclic esters (lactones) is 1. The van der Waals surface area contributed by atoms with Crippen LogP contribution in [0.5, 0.6) is 0 Å². The summed E-state index contributed by atoms with van der Waals surface area (Å²) in [6, 6.07) is 7.79. The Bertz CT molecular complexity index is 840. The molecular formula is C23H30BNO4. The lowest BCUT2D eigenvalue weighted by atomic mass is 9.79. The minimum atomic E-state index is -0.568. The van der Waals surface area contributed by atoms with E-state index in [9.17, 15) is 4.79 Å². The lowest BCUT2D eigenvalue weighted by Gasteiger charge is -2.34. The maximum Gasteiger partial charge on any atom is 0.494 e. The van der Waals surface area contributed by atoms with Crippen LogP contribution in [0.4, 0.5) is 10.5 Å². The third kappa shape index (κ3) is 3.42. The highest BCUT2D eigenvalue weighted by Gasteiger charge is 2.53. The summed E-state index contributed by atoms with van der Waals surface area (Å²) in [6.07, 6.45) is 9.00. The van der Waals surface area contributed by atoms with Crippen molar-refractivity contribution in [1.82, 2.24) is 0 Å². The zero-order valence-corrected chi connectivity index (χ0v) is 18.1. The van der Waals surface area contributed by atoms with Crippen molar-refractivity contribution in [2.75, 3.05) is 4.90 Å². The fraction of sp³-hybridized carbons (Fsp3) is 0.522. The lowest BCUT2D eigenvalue weighted by Crippen LogP contribution is -2.47. The van der Waals surface area contributed by atoms with Crippen LogP contribution in [-0.4, -0.2) is 36.1 Å². The number of benzene rings is 1. The molecule has 1 aromatic carbocycles. The number of rotatable bonds is 3. The van der Waals surface area contributed by atoms with E-state index in [0.717, 1.165) is 17.6 Å². The molecule has 2 atom stereocenters. The third-order valence-corrected chi connectivity index (χ3v) is 6.65. The van der Waals surface area contributed by atoms with Crippen LogP contribution in [0.2, 0.25) is 0 Å². The van der Waals surface area contributed by atoms with Crippen LogP contribution in [-0.2, 0) is 14.0 Å². The molecule has 1 aliphatic carbocycles. The normalized spacial score (nSPS) is 29.4. The van der Waals surface area contributed by atoms with Gasteiger partial charge in [-0.05, 0) is 65.6 Å². The van der Waals surface area contributed by atoms with E-state index >= 15 is 0 Å². The largest absolute Gasteiger partial charge is 0.494 e. The highest BCUT2D eigenvalue weighted by Crippen LogP contribution is 2.40. The van der Waals surface area contributed by atoms with Gasteiger partial charge in [0.1, 0.15) is 5.60 Å². The molecule has 0 bridgehead atoms. The number of anilines is 1. The average Bonchev–Trinajstić information content (AvgIpc) is 3.02. The second-order valence-electron chi connectivity index (χ2n) is 9.68. The van der Waals surface area contributed by atoms with E-state index in [-0.39, 0.29) is 29.3 Å². The Balaban J connectivity index is 1.60. The molecule has 4 rings (SSSR count). The first-order valence-electron chi connectivity index (χ1n) is 10.3. The summed E-state index contributed by atoms with van der Waals surface area (Å²) in [5.41, 5.74) is 0.433. The molecule has 2 aliphatic heterocycles. The molecular weight excluding hydrogens is 365 g/mol. The van der Waals surface area contributed by atoms with Crippen molar-refractivity contribution >= 4 is 24.4 Å². The van der Waals surface area contributed by atoms with Gasteiger partial charge in [0.25, 0.3) is 0 Å². The van der Waals surface area contributed by atoms with Crippen molar-refractivity contribution in [3.8, 4) is 0 Å². The van der Waals surface area contributed by atoms with Crippen molar-refractivity contribution in [2.45, 2.75) is 70.8 Å². The smallest absolute Gasteiger partial charge is 0.441 e. The van der Waals surface area contributed by atoms with E-state index in [1.54, 1.807) is 4.90 Å². The van der Waals surface area contributed by atoms with Gasteiger partial charge in [-0.25, -0.2) is 4.79 Å². The zero-order chi connectivity index (χ0) is 21.0. The number of carbonyl (C=O) groups excluding carboxylic acids is 1. The molecule has 0 saturated carbocycles. The number of nitrogens with zero attached hydrogens (tertiary/aromatic N) is 1. The van der Waals surface area contributed by atoms with Crippen LogP contribution in [0.3, 0.4) is 0 Å². The van der Waals surface area contributed by atoms with Crippen LogP contribution < -0.4 is 10.4 Å². The molecule has 5 nitrogen and oxygen atoms in total. The first-order valence-corrected chi connectivity index (χ1v) is 10.3. The summed E-state index contributed by atoms with van der Waals surface area (Å²) < 4.78 is 18.0. The molecule has 0 spiro atoms. The second kappa shape index (κ2) is 6.74. The molecule has 2 saturated heterocycles. The van der Waals surface area contributed by atoms with Crippen molar-refractivity contribution in [1.29, 1.82) is 0 Å². The number of hydrogen-bond acceptors (Lipinski definition) is 4. The lowest BCUT2D eigenvalue weighted by molar-refractivity contribution is 0.00578. The fourth-order valence-electron chi connectivity index (χ4n) is 4.34. The predicted molar refractivity (Wildman–Crippen MR) is 115 cm³/mol. The van der Waals surface area contributed by atoms with E-state index in [4.69, 9.17) is 14.0 Å². The molecule has 1 amide bonds. The van der Waals surface area contributed by atoms with Crippen molar-refractivity contribution in [3.05, 3.63) is 48.6 Å². The van der Waals surface area contributed by atoms with Gasteiger partial charge in [0.15, 0.2) is 0 Å². The van der Waals surface area contributed by atoms with Gasteiger partial charge in [-0.1, -0.05) is 36.4 Å². The van der Waals surface area contributed by atoms with Gasteiger partial charge in [0.2, 0.25) is 0 Å². The molecule has 1 unspecified atom stereocenters. The Morgan fingerprint density at radius 2 is 1.59 bits per heavy atom. The summed E-state index contributed by atoms with van der Waals surface area (Å²) in [4.78, 5) is 14.6. The first kappa shape index (κ1) is 20.2. The Morgan fingerprint density at radius 3 is 2.14 bits per heavy atom.